The Morgan fingerprint density at radius 3 is 2.50 bits per heavy atom. The molecule has 0 spiro atoms. The average molecular weight is 259 g/mol. The summed E-state index contributed by atoms with van der Waals surface area (Å²) in [5, 5.41) is 4.05. The lowest BCUT2D eigenvalue weighted by molar-refractivity contribution is 0.641. The van der Waals surface area contributed by atoms with E-state index in [2.05, 4.69) is 40.4 Å². The maximum absolute atomic E-state index is 4.33. The monoisotopic (exact) mass is 259 g/mol. The Morgan fingerprint density at radius 1 is 1.17 bits per heavy atom. The molecule has 2 aromatic rings. The van der Waals surface area contributed by atoms with Crippen molar-refractivity contribution in [2.75, 3.05) is 7.05 Å². The molecule has 0 fully saturated rings. The van der Waals surface area contributed by atoms with Gasteiger partial charge < -0.3 is 5.32 Å². The van der Waals surface area contributed by atoms with Gasteiger partial charge in [0.2, 0.25) is 0 Å². The summed E-state index contributed by atoms with van der Waals surface area (Å²) in [5.41, 5.74) is 2.35. The van der Waals surface area contributed by atoms with Crippen LogP contribution in [0.15, 0.2) is 46.7 Å². The van der Waals surface area contributed by atoms with Crippen LogP contribution in [0.3, 0.4) is 0 Å². The molecule has 94 valence electrons. The third-order valence-corrected chi connectivity index (χ3v) is 3.76. The summed E-state index contributed by atoms with van der Waals surface area (Å²) < 4.78 is 0. The summed E-state index contributed by atoms with van der Waals surface area (Å²) in [5.74, 6) is 0. The minimum atomic E-state index is 0.319. The van der Waals surface area contributed by atoms with E-state index in [0.29, 0.717) is 6.04 Å². The van der Waals surface area contributed by atoms with Crippen LogP contribution in [-0.2, 0) is 0 Å². The molecule has 1 aromatic heterocycles. The SMILES string of the molecule is CNC(C)c1ccccc1Sc1ncc(C)cn1. The molecule has 18 heavy (non-hydrogen) atoms. The third kappa shape index (κ3) is 3.09. The average Bonchev–Trinajstić information content (AvgIpc) is 2.41. The second-order valence-corrected chi connectivity index (χ2v) is 5.20. The van der Waals surface area contributed by atoms with E-state index in [1.165, 1.54) is 10.5 Å². The van der Waals surface area contributed by atoms with Crippen LogP contribution in [0.2, 0.25) is 0 Å². The Bertz CT molecular complexity index is 511. The Hall–Kier alpha value is -1.39. The summed E-state index contributed by atoms with van der Waals surface area (Å²) in [7, 11) is 1.97. The van der Waals surface area contributed by atoms with Gasteiger partial charge in [-0.25, -0.2) is 9.97 Å². The molecule has 0 aliphatic carbocycles. The first kappa shape index (κ1) is 13.1. The maximum Gasteiger partial charge on any atom is 0.192 e. The van der Waals surface area contributed by atoms with Gasteiger partial charge in [0.15, 0.2) is 5.16 Å². The highest BCUT2D eigenvalue weighted by atomic mass is 32.2. The molecule has 0 aliphatic rings. The van der Waals surface area contributed by atoms with Crippen LogP contribution in [0.5, 0.6) is 0 Å². The fourth-order valence-electron chi connectivity index (χ4n) is 1.62. The predicted molar refractivity (Wildman–Crippen MR) is 74.8 cm³/mol. The van der Waals surface area contributed by atoms with E-state index in [1.54, 1.807) is 11.8 Å². The lowest BCUT2D eigenvalue weighted by atomic mass is 10.1. The third-order valence-electron chi connectivity index (χ3n) is 2.78. The van der Waals surface area contributed by atoms with Gasteiger partial charge in [0.25, 0.3) is 0 Å². The Balaban J connectivity index is 2.26. The summed E-state index contributed by atoms with van der Waals surface area (Å²) >= 11 is 1.60. The van der Waals surface area contributed by atoms with E-state index >= 15 is 0 Å². The fourth-order valence-corrected chi connectivity index (χ4v) is 2.54. The minimum absolute atomic E-state index is 0.319. The van der Waals surface area contributed by atoms with Gasteiger partial charge in [-0.05, 0) is 49.9 Å². The normalized spacial score (nSPS) is 12.4. The van der Waals surface area contributed by atoms with Gasteiger partial charge in [-0.3, -0.25) is 0 Å². The first-order valence-electron chi connectivity index (χ1n) is 5.93. The molecular weight excluding hydrogens is 242 g/mol. The van der Waals surface area contributed by atoms with Crippen LogP contribution in [0.25, 0.3) is 0 Å². The van der Waals surface area contributed by atoms with Crippen LogP contribution >= 0.6 is 11.8 Å². The predicted octanol–water partition coefficient (Wildman–Crippen LogP) is 3.22. The van der Waals surface area contributed by atoms with Crippen molar-refractivity contribution in [2.24, 2.45) is 0 Å². The van der Waals surface area contributed by atoms with Crippen LogP contribution < -0.4 is 5.32 Å². The molecule has 0 amide bonds. The Labute approximate surface area is 112 Å². The second-order valence-electron chi connectivity index (χ2n) is 4.19. The zero-order chi connectivity index (χ0) is 13.0. The van der Waals surface area contributed by atoms with Gasteiger partial charge in [-0.15, -0.1) is 0 Å². The topological polar surface area (TPSA) is 37.8 Å². The molecule has 0 aliphatic heterocycles. The molecule has 2 rings (SSSR count). The van der Waals surface area contributed by atoms with Gasteiger partial charge >= 0.3 is 0 Å². The maximum atomic E-state index is 4.33. The van der Waals surface area contributed by atoms with Gasteiger partial charge in [-0.2, -0.15) is 0 Å². The van der Waals surface area contributed by atoms with Crippen molar-refractivity contribution in [2.45, 2.75) is 29.9 Å². The first-order chi connectivity index (χ1) is 8.70. The second kappa shape index (κ2) is 5.98. The molecule has 1 unspecified atom stereocenters. The van der Waals surface area contributed by atoms with Crippen molar-refractivity contribution >= 4 is 11.8 Å². The minimum Gasteiger partial charge on any atom is -0.313 e. The van der Waals surface area contributed by atoms with Gasteiger partial charge in [0, 0.05) is 23.3 Å². The standard InChI is InChI=1S/C14H17N3S/c1-10-8-16-14(17-9-10)18-13-7-5-4-6-12(13)11(2)15-3/h4-9,11,15H,1-3H3. The first-order valence-corrected chi connectivity index (χ1v) is 6.75. The molecule has 0 bridgehead atoms. The lowest BCUT2D eigenvalue weighted by Crippen LogP contribution is -2.13. The van der Waals surface area contributed by atoms with Crippen molar-refractivity contribution in [3.63, 3.8) is 0 Å². The van der Waals surface area contributed by atoms with E-state index in [4.69, 9.17) is 0 Å². The van der Waals surface area contributed by atoms with Crippen molar-refractivity contribution in [3.05, 3.63) is 47.8 Å². The van der Waals surface area contributed by atoms with Crippen molar-refractivity contribution in [1.82, 2.24) is 15.3 Å². The number of hydrogen-bond acceptors (Lipinski definition) is 4. The smallest absolute Gasteiger partial charge is 0.192 e. The zero-order valence-corrected chi connectivity index (χ0v) is 11.7. The number of aryl methyl sites for hydroxylation is 1. The quantitative estimate of drug-likeness (QED) is 0.856. The van der Waals surface area contributed by atoms with Crippen molar-refractivity contribution in [1.29, 1.82) is 0 Å². The molecule has 0 saturated carbocycles. The van der Waals surface area contributed by atoms with Crippen LogP contribution in [-0.4, -0.2) is 17.0 Å². The summed E-state index contributed by atoms with van der Waals surface area (Å²) in [4.78, 5) is 9.86. The largest absolute Gasteiger partial charge is 0.313 e. The van der Waals surface area contributed by atoms with E-state index in [9.17, 15) is 0 Å². The summed E-state index contributed by atoms with van der Waals surface area (Å²) in [6.07, 6.45) is 3.69. The van der Waals surface area contributed by atoms with E-state index in [-0.39, 0.29) is 0 Å². The number of rotatable bonds is 4. The molecule has 1 heterocycles. The highest BCUT2D eigenvalue weighted by molar-refractivity contribution is 7.99. The van der Waals surface area contributed by atoms with Crippen molar-refractivity contribution < 1.29 is 0 Å². The van der Waals surface area contributed by atoms with E-state index < -0.39 is 0 Å². The van der Waals surface area contributed by atoms with Gasteiger partial charge in [0.1, 0.15) is 0 Å². The Morgan fingerprint density at radius 2 is 1.83 bits per heavy atom. The Kier molecular flexibility index (Phi) is 4.33. The fraction of sp³-hybridized carbons (Fsp3) is 0.286. The van der Waals surface area contributed by atoms with Crippen LogP contribution in [0, 0.1) is 6.92 Å². The molecule has 1 aromatic carbocycles. The number of nitrogens with zero attached hydrogens (tertiary/aromatic N) is 2. The van der Waals surface area contributed by atoms with Crippen LogP contribution in [0.4, 0.5) is 0 Å². The number of aromatic nitrogens is 2. The lowest BCUT2D eigenvalue weighted by Gasteiger charge is -2.14. The van der Waals surface area contributed by atoms with Crippen LogP contribution in [0.1, 0.15) is 24.1 Å². The summed E-state index contributed by atoms with van der Waals surface area (Å²) in [6.45, 7) is 4.14. The van der Waals surface area contributed by atoms with Gasteiger partial charge in [-0.1, -0.05) is 18.2 Å². The zero-order valence-electron chi connectivity index (χ0n) is 10.8. The highest BCUT2D eigenvalue weighted by Gasteiger charge is 2.10. The molecule has 1 N–H and O–H groups in total. The molecule has 0 saturated heterocycles. The number of benzene rings is 1. The number of nitrogens with one attached hydrogen (secondary N) is 1. The summed E-state index contributed by atoms with van der Waals surface area (Å²) in [6, 6.07) is 8.67. The highest BCUT2D eigenvalue weighted by Crippen LogP contribution is 2.30. The molecule has 1 atom stereocenters. The van der Waals surface area contributed by atoms with E-state index in [1.807, 2.05) is 32.4 Å². The molecule has 0 radical (unpaired) electrons. The molecular formula is C14H17N3S. The van der Waals surface area contributed by atoms with Gasteiger partial charge in [0.05, 0.1) is 0 Å². The molecule has 3 nitrogen and oxygen atoms in total. The molecule has 4 heteroatoms. The number of hydrogen-bond donors (Lipinski definition) is 1. The van der Waals surface area contributed by atoms with E-state index in [0.717, 1.165) is 10.7 Å². The van der Waals surface area contributed by atoms with Crippen molar-refractivity contribution in [3.8, 4) is 0 Å².